The van der Waals surface area contributed by atoms with Crippen LogP contribution in [0.5, 0.6) is 0 Å². The monoisotopic (exact) mass is 750 g/mol. The molecule has 0 radical (unpaired) electrons. The van der Waals surface area contributed by atoms with Gasteiger partial charge < -0.3 is 24.8 Å². The van der Waals surface area contributed by atoms with E-state index in [4.69, 9.17) is 0 Å². The molecule has 0 aromatic heterocycles. The van der Waals surface area contributed by atoms with Gasteiger partial charge in [-0.25, -0.2) is 12.2 Å². The van der Waals surface area contributed by atoms with Crippen LogP contribution < -0.4 is 24.8 Å². The summed E-state index contributed by atoms with van der Waals surface area (Å²) in [4.78, 5) is 0. The molecule has 0 N–H and O–H groups in total. The van der Waals surface area contributed by atoms with Crippen LogP contribution in [0.25, 0.3) is 11.1 Å². The standard InChI is InChI=1S/C21H25.C15H11F3.C5H5.2ClH.Zr/c1-20(2,3)16-7-9-18-14(12-16)11-15-13-17(21(4,5)6)8-10-19(15)18;1-11-5-7-12(8-6-11)9-13-3-2-4-14(10-13)15(16,17)18;1-2-4-5-3-1;;;/h7-10,12H,11H2,1-6H3;2-8,10H,1H3;1-3H,4H2;2*1H;/q-1;;-1;;;+2/p-2. The van der Waals surface area contributed by atoms with Crippen molar-refractivity contribution in [2.75, 3.05) is 0 Å². The summed E-state index contributed by atoms with van der Waals surface area (Å²) in [5.41, 5.74) is 10.9. The molecule has 0 spiro atoms. The van der Waals surface area contributed by atoms with E-state index in [2.05, 4.69) is 90.1 Å². The van der Waals surface area contributed by atoms with Crippen molar-refractivity contribution in [1.29, 1.82) is 0 Å². The van der Waals surface area contributed by atoms with Gasteiger partial charge in [0.25, 0.3) is 0 Å². The Bertz CT molecular complexity index is 1650. The third-order valence-corrected chi connectivity index (χ3v) is 9.29. The normalized spacial score (nSPS) is 12.8. The first-order chi connectivity index (χ1) is 21.0. The minimum absolute atomic E-state index is 0. The Labute approximate surface area is 306 Å². The van der Waals surface area contributed by atoms with E-state index in [0.29, 0.717) is 5.56 Å². The summed E-state index contributed by atoms with van der Waals surface area (Å²) >= 11 is 1.10. The zero-order chi connectivity index (χ0) is 33.0. The van der Waals surface area contributed by atoms with E-state index in [1.54, 1.807) is 6.07 Å². The van der Waals surface area contributed by atoms with E-state index in [1.807, 2.05) is 43.3 Å². The molecule has 0 saturated heterocycles. The van der Waals surface area contributed by atoms with Gasteiger partial charge in [0.2, 0.25) is 0 Å². The molecule has 2 aliphatic carbocycles. The van der Waals surface area contributed by atoms with Crippen molar-refractivity contribution in [1.82, 2.24) is 0 Å². The molecule has 6 rings (SSSR count). The molecule has 0 bridgehead atoms. The molecule has 0 atom stereocenters. The SMILES string of the molecule is CC(C)(C)c1[c-]c2c(cc1)-c1ccc(C(C)(C)C)cc1C2.Cc1ccc([C](=[Zr+2])c2cccc(C(F)(F)F)c2)cc1.[C-]1=CC=CC1.[Cl-].[Cl-]. The maximum Gasteiger partial charge on any atom is -0.109 e. The maximum absolute atomic E-state index is 12.7. The minimum atomic E-state index is -4.29. The fraction of sp³-hybridized carbons (Fsp3) is 0.293. The Hall–Kier alpha value is -2.52. The van der Waals surface area contributed by atoms with Crippen molar-refractivity contribution in [3.05, 3.63) is 154 Å². The number of hydrogen-bond donors (Lipinski definition) is 0. The molecule has 0 saturated carbocycles. The summed E-state index contributed by atoms with van der Waals surface area (Å²) in [6.45, 7) is 15.6. The second-order valence-corrected chi connectivity index (χ2v) is 14.9. The molecule has 0 nitrogen and oxygen atoms in total. The maximum atomic E-state index is 12.7. The molecular formula is C41H41Cl2F3Zr-2. The third-order valence-electron chi connectivity index (χ3n) is 7.87. The zero-order valence-electron chi connectivity index (χ0n) is 28.0. The van der Waals surface area contributed by atoms with E-state index in [-0.39, 0.29) is 35.6 Å². The molecule has 4 aromatic rings. The van der Waals surface area contributed by atoms with Gasteiger partial charge in [-0.1, -0.05) is 65.3 Å². The third kappa shape index (κ3) is 11.0. The van der Waals surface area contributed by atoms with Gasteiger partial charge in [0.05, 0.1) is 0 Å². The molecule has 6 heteroatoms. The molecular weight excluding hydrogens is 712 g/mol. The number of hydrogen-bond acceptors (Lipinski definition) is 0. The van der Waals surface area contributed by atoms with Crippen LogP contribution in [0, 0.1) is 19.1 Å². The van der Waals surface area contributed by atoms with E-state index in [0.717, 1.165) is 57.5 Å². The van der Waals surface area contributed by atoms with Crippen LogP contribution in [-0.2, 0) is 47.7 Å². The van der Waals surface area contributed by atoms with Gasteiger partial charge in [-0.05, 0) is 28.4 Å². The summed E-state index contributed by atoms with van der Waals surface area (Å²) < 4.78 is 39.0. The number of alkyl halides is 3. The summed E-state index contributed by atoms with van der Waals surface area (Å²) in [6.07, 6.45) is 6.73. The van der Waals surface area contributed by atoms with Gasteiger partial charge >= 0.3 is 124 Å². The Morgan fingerprint density at radius 1 is 0.723 bits per heavy atom. The molecule has 0 fully saturated rings. The Kier molecular flexibility index (Phi) is 14.5. The average molecular weight is 753 g/mol. The van der Waals surface area contributed by atoms with E-state index in [1.165, 1.54) is 45.5 Å². The van der Waals surface area contributed by atoms with Crippen LogP contribution in [0.15, 0.2) is 97.1 Å². The second kappa shape index (κ2) is 16.7. The topological polar surface area (TPSA) is 0 Å². The van der Waals surface area contributed by atoms with Crippen molar-refractivity contribution in [3.8, 4) is 11.1 Å². The quantitative estimate of drug-likeness (QED) is 0.221. The first-order valence-electron chi connectivity index (χ1n) is 15.3. The van der Waals surface area contributed by atoms with Crippen LogP contribution >= 0.6 is 0 Å². The van der Waals surface area contributed by atoms with Crippen LogP contribution in [0.3, 0.4) is 0 Å². The van der Waals surface area contributed by atoms with Crippen LogP contribution in [0.1, 0.15) is 92.5 Å². The van der Waals surface area contributed by atoms with Gasteiger partial charge in [-0.2, -0.15) is 29.8 Å². The van der Waals surface area contributed by atoms with Crippen molar-refractivity contribution < 1.29 is 62.2 Å². The van der Waals surface area contributed by atoms with Gasteiger partial charge in [0.1, 0.15) is 0 Å². The van der Waals surface area contributed by atoms with E-state index >= 15 is 0 Å². The average Bonchev–Trinajstić information content (AvgIpc) is 3.68. The first-order valence-corrected chi connectivity index (χ1v) is 16.5. The molecule has 0 heterocycles. The Morgan fingerprint density at radius 2 is 1.38 bits per heavy atom. The van der Waals surface area contributed by atoms with Crippen molar-refractivity contribution in [2.24, 2.45) is 0 Å². The number of aryl methyl sites for hydroxylation is 1. The second-order valence-electron chi connectivity index (χ2n) is 13.6. The van der Waals surface area contributed by atoms with Gasteiger partial charge in [0.15, 0.2) is 0 Å². The van der Waals surface area contributed by atoms with Crippen LogP contribution in [0.4, 0.5) is 13.2 Å². The van der Waals surface area contributed by atoms with Gasteiger partial charge in [-0.3, -0.25) is 6.08 Å². The summed E-state index contributed by atoms with van der Waals surface area (Å²) in [6, 6.07) is 28.5. The fourth-order valence-corrected chi connectivity index (χ4v) is 5.90. The van der Waals surface area contributed by atoms with Crippen molar-refractivity contribution >= 4 is 3.21 Å². The Balaban J connectivity index is 0.000000275. The van der Waals surface area contributed by atoms with Crippen molar-refractivity contribution in [2.45, 2.75) is 78.3 Å². The summed E-state index contributed by atoms with van der Waals surface area (Å²) in [7, 11) is 0. The molecule has 4 aromatic carbocycles. The van der Waals surface area contributed by atoms with Gasteiger partial charge in [-0.15, -0.1) is 17.5 Å². The number of halogens is 5. The van der Waals surface area contributed by atoms with E-state index < -0.39 is 11.7 Å². The molecule has 47 heavy (non-hydrogen) atoms. The van der Waals surface area contributed by atoms with Crippen molar-refractivity contribution in [3.63, 3.8) is 0 Å². The molecule has 0 unspecified atom stereocenters. The van der Waals surface area contributed by atoms with E-state index in [9.17, 15) is 13.2 Å². The van der Waals surface area contributed by atoms with Crippen LogP contribution in [0.2, 0.25) is 0 Å². The first kappa shape index (κ1) is 40.7. The predicted molar refractivity (Wildman–Crippen MR) is 178 cm³/mol. The number of allylic oxidation sites excluding steroid dienone is 4. The smallest absolute Gasteiger partial charge is 0.109 e. The minimum Gasteiger partial charge on any atom is -1.00 e. The molecule has 246 valence electrons. The largest absolute Gasteiger partial charge is 1.00 e. The number of benzene rings is 4. The van der Waals surface area contributed by atoms with Gasteiger partial charge in [0, 0.05) is 0 Å². The number of fused-ring (bicyclic) bond motifs is 3. The molecule has 0 aliphatic heterocycles. The van der Waals surface area contributed by atoms with Crippen LogP contribution in [-0.4, -0.2) is 3.21 Å². The summed E-state index contributed by atoms with van der Waals surface area (Å²) in [5, 5.41) is 0. The predicted octanol–water partition coefficient (Wildman–Crippen LogP) is 5.10. The summed E-state index contributed by atoms with van der Waals surface area (Å²) in [5.74, 6) is 0. The fourth-order valence-electron chi connectivity index (χ4n) is 5.11. The number of rotatable bonds is 2. The zero-order valence-corrected chi connectivity index (χ0v) is 32.0. The molecule has 2 aliphatic rings. The molecule has 0 amide bonds. The Morgan fingerprint density at radius 3 is 1.91 bits per heavy atom.